The van der Waals surface area contributed by atoms with E-state index in [0.717, 1.165) is 11.1 Å². The molecule has 2 heterocycles. The van der Waals surface area contributed by atoms with Crippen molar-refractivity contribution in [1.82, 2.24) is 14.9 Å². The van der Waals surface area contributed by atoms with Gasteiger partial charge in [-0.2, -0.15) is 0 Å². The van der Waals surface area contributed by atoms with Gasteiger partial charge in [-0.15, -0.1) is 0 Å². The first-order chi connectivity index (χ1) is 13.1. The number of carbonyl (C=O) groups excluding carboxylic acids is 1. The Bertz CT molecular complexity index is 853. The first kappa shape index (κ1) is 19.0. The molecular weight excluding hydrogens is 413 g/mol. The van der Waals surface area contributed by atoms with Crippen molar-refractivity contribution in [3.8, 4) is 5.75 Å². The Morgan fingerprint density at radius 2 is 1.81 bits per heavy atom. The van der Waals surface area contributed by atoms with E-state index in [2.05, 4.69) is 25.9 Å². The van der Waals surface area contributed by atoms with Crippen LogP contribution in [-0.2, 0) is 17.9 Å². The number of carbonyl (C=O) groups is 1. The first-order valence-electron chi connectivity index (χ1n) is 8.25. The third-order valence-electron chi connectivity index (χ3n) is 3.82. The maximum absolute atomic E-state index is 13.9. The zero-order valence-corrected chi connectivity index (χ0v) is 16.0. The molecule has 0 atom stereocenters. The highest BCUT2D eigenvalue weighted by atomic mass is 79.9. The van der Waals surface area contributed by atoms with Crippen LogP contribution in [0.5, 0.6) is 5.75 Å². The maximum atomic E-state index is 13.9. The molecule has 2 aromatic heterocycles. The normalized spacial score (nSPS) is 10.4. The predicted molar refractivity (Wildman–Crippen MR) is 102 cm³/mol. The van der Waals surface area contributed by atoms with Crippen molar-refractivity contribution >= 4 is 21.8 Å². The molecule has 27 heavy (non-hydrogen) atoms. The van der Waals surface area contributed by atoms with Gasteiger partial charge in [0.15, 0.2) is 18.2 Å². The highest BCUT2D eigenvalue weighted by Crippen LogP contribution is 2.21. The SMILES string of the molecule is O=C(COc1ccc(Br)cc1F)N(Cc1ccncc1)Cc1cccnc1. The van der Waals surface area contributed by atoms with Crippen LogP contribution < -0.4 is 4.74 Å². The predicted octanol–water partition coefficient (Wildman–Crippen LogP) is 3.99. The summed E-state index contributed by atoms with van der Waals surface area (Å²) in [6.07, 6.45) is 6.74. The Kier molecular flexibility index (Phi) is 6.49. The monoisotopic (exact) mass is 429 g/mol. The zero-order chi connectivity index (χ0) is 19.1. The van der Waals surface area contributed by atoms with Crippen LogP contribution in [0, 0.1) is 5.82 Å². The molecule has 5 nitrogen and oxygen atoms in total. The third kappa shape index (κ3) is 5.59. The molecule has 0 saturated carbocycles. The van der Waals surface area contributed by atoms with Crippen LogP contribution in [0.3, 0.4) is 0 Å². The smallest absolute Gasteiger partial charge is 0.261 e. The van der Waals surface area contributed by atoms with Crippen molar-refractivity contribution in [3.05, 3.63) is 88.7 Å². The Hall–Kier alpha value is -2.80. The number of nitrogens with zero attached hydrogens (tertiary/aromatic N) is 3. The second kappa shape index (κ2) is 9.23. The molecule has 0 spiro atoms. The number of halogens is 2. The topological polar surface area (TPSA) is 55.3 Å². The van der Waals surface area contributed by atoms with Gasteiger partial charge in [0.1, 0.15) is 0 Å². The fourth-order valence-electron chi connectivity index (χ4n) is 2.48. The van der Waals surface area contributed by atoms with E-state index in [1.807, 2.05) is 24.3 Å². The van der Waals surface area contributed by atoms with Gasteiger partial charge in [0.2, 0.25) is 0 Å². The van der Waals surface area contributed by atoms with E-state index in [9.17, 15) is 9.18 Å². The summed E-state index contributed by atoms with van der Waals surface area (Å²) in [6, 6.07) is 11.9. The summed E-state index contributed by atoms with van der Waals surface area (Å²) >= 11 is 3.19. The summed E-state index contributed by atoms with van der Waals surface area (Å²) < 4.78 is 19.9. The van der Waals surface area contributed by atoms with Crippen molar-refractivity contribution in [3.63, 3.8) is 0 Å². The number of ether oxygens (including phenoxy) is 1. The lowest BCUT2D eigenvalue weighted by Gasteiger charge is -2.23. The van der Waals surface area contributed by atoms with Gasteiger partial charge in [0.05, 0.1) is 0 Å². The Labute approximate surface area is 165 Å². The minimum Gasteiger partial charge on any atom is -0.481 e. The van der Waals surface area contributed by atoms with Crippen molar-refractivity contribution in [2.45, 2.75) is 13.1 Å². The molecule has 1 amide bonds. The van der Waals surface area contributed by atoms with Gasteiger partial charge >= 0.3 is 0 Å². The molecule has 0 N–H and O–H groups in total. The average Bonchev–Trinajstić information content (AvgIpc) is 2.68. The lowest BCUT2D eigenvalue weighted by Crippen LogP contribution is -2.34. The largest absolute Gasteiger partial charge is 0.481 e. The number of hydrogen-bond donors (Lipinski definition) is 0. The molecule has 3 aromatic rings. The molecule has 0 unspecified atom stereocenters. The quantitative estimate of drug-likeness (QED) is 0.569. The van der Waals surface area contributed by atoms with E-state index in [4.69, 9.17) is 4.74 Å². The van der Waals surface area contributed by atoms with Gasteiger partial charge in [-0.3, -0.25) is 14.8 Å². The average molecular weight is 430 g/mol. The Balaban J connectivity index is 1.71. The van der Waals surface area contributed by atoms with Crippen molar-refractivity contribution in [2.75, 3.05) is 6.61 Å². The van der Waals surface area contributed by atoms with Crippen LogP contribution >= 0.6 is 15.9 Å². The van der Waals surface area contributed by atoms with E-state index in [1.54, 1.807) is 35.8 Å². The van der Waals surface area contributed by atoms with Crippen molar-refractivity contribution in [1.29, 1.82) is 0 Å². The van der Waals surface area contributed by atoms with Crippen molar-refractivity contribution in [2.24, 2.45) is 0 Å². The molecule has 7 heteroatoms. The van der Waals surface area contributed by atoms with Gasteiger partial charge in [-0.25, -0.2) is 4.39 Å². The molecule has 0 aliphatic rings. The second-order valence-electron chi connectivity index (χ2n) is 5.83. The summed E-state index contributed by atoms with van der Waals surface area (Å²) in [5.74, 6) is -0.736. The lowest BCUT2D eigenvalue weighted by atomic mass is 10.2. The van der Waals surface area contributed by atoms with Crippen LogP contribution in [0.4, 0.5) is 4.39 Å². The molecule has 0 radical (unpaired) electrons. The summed E-state index contributed by atoms with van der Waals surface area (Å²) in [6.45, 7) is 0.507. The van der Waals surface area contributed by atoms with Crippen LogP contribution in [0.25, 0.3) is 0 Å². The van der Waals surface area contributed by atoms with E-state index in [1.165, 1.54) is 12.1 Å². The lowest BCUT2D eigenvalue weighted by molar-refractivity contribution is -0.134. The van der Waals surface area contributed by atoms with Crippen molar-refractivity contribution < 1.29 is 13.9 Å². The number of amides is 1. The fourth-order valence-corrected chi connectivity index (χ4v) is 2.81. The molecule has 1 aromatic carbocycles. The molecule has 0 aliphatic heterocycles. The number of pyridine rings is 2. The van der Waals surface area contributed by atoms with Gasteiger partial charge in [-0.1, -0.05) is 22.0 Å². The Morgan fingerprint density at radius 1 is 1.04 bits per heavy atom. The molecule has 0 bridgehead atoms. The highest BCUT2D eigenvalue weighted by Gasteiger charge is 2.16. The molecule has 138 valence electrons. The minimum absolute atomic E-state index is 0.0387. The van der Waals surface area contributed by atoms with Crippen LogP contribution in [0.1, 0.15) is 11.1 Å². The molecule has 3 rings (SSSR count). The maximum Gasteiger partial charge on any atom is 0.261 e. The fraction of sp³-hybridized carbons (Fsp3) is 0.150. The molecule has 0 saturated heterocycles. The van der Waals surface area contributed by atoms with E-state index in [-0.39, 0.29) is 18.3 Å². The minimum atomic E-state index is -0.523. The molecule has 0 aliphatic carbocycles. The standard InChI is InChI=1S/C20H17BrFN3O2/c21-17-3-4-19(18(22)10-17)27-14-20(26)25(12-15-5-8-23-9-6-15)13-16-2-1-7-24-11-16/h1-11H,12-14H2. The summed E-state index contributed by atoms with van der Waals surface area (Å²) in [5.41, 5.74) is 1.84. The number of rotatable bonds is 7. The zero-order valence-electron chi connectivity index (χ0n) is 14.4. The van der Waals surface area contributed by atoms with Crippen LogP contribution in [0.2, 0.25) is 0 Å². The highest BCUT2D eigenvalue weighted by molar-refractivity contribution is 9.10. The summed E-state index contributed by atoms with van der Waals surface area (Å²) in [4.78, 5) is 22.5. The molecular formula is C20H17BrFN3O2. The van der Waals surface area contributed by atoms with Crippen LogP contribution in [-0.4, -0.2) is 27.4 Å². The van der Waals surface area contributed by atoms with E-state index >= 15 is 0 Å². The number of benzene rings is 1. The van der Waals surface area contributed by atoms with Gasteiger partial charge < -0.3 is 9.64 Å². The van der Waals surface area contributed by atoms with Gasteiger partial charge in [0.25, 0.3) is 5.91 Å². The number of aromatic nitrogens is 2. The van der Waals surface area contributed by atoms with Gasteiger partial charge in [0, 0.05) is 42.3 Å². The Morgan fingerprint density at radius 3 is 2.52 bits per heavy atom. The first-order valence-corrected chi connectivity index (χ1v) is 9.04. The summed E-state index contributed by atoms with van der Waals surface area (Å²) in [7, 11) is 0. The summed E-state index contributed by atoms with van der Waals surface area (Å²) in [5, 5.41) is 0. The van der Waals surface area contributed by atoms with Gasteiger partial charge in [-0.05, 0) is 47.5 Å². The molecule has 0 fully saturated rings. The van der Waals surface area contributed by atoms with E-state index in [0.29, 0.717) is 17.6 Å². The third-order valence-corrected chi connectivity index (χ3v) is 4.31. The second-order valence-corrected chi connectivity index (χ2v) is 6.75. The van der Waals surface area contributed by atoms with Crippen LogP contribution in [0.15, 0.2) is 71.7 Å². The number of hydrogen-bond acceptors (Lipinski definition) is 4. The van der Waals surface area contributed by atoms with E-state index < -0.39 is 5.82 Å².